The minimum atomic E-state index is -0.0869. The number of amides is 1. The number of nitrogens with zero attached hydrogens (tertiary/aromatic N) is 1. The molecule has 0 radical (unpaired) electrons. The van der Waals surface area contributed by atoms with Gasteiger partial charge in [-0.25, -0.2) is 4.98 Å². The van der Waals surface area contributed by atoms with Crippen LogP contribution in [0.25, 0.3) is 0 Å². The van der Waals surface area contributed by atoms with Gasteiger partial charge in [0.2, 0.25) is 0 Å². The minimum absolute atomic E-state index is 0.0869. The molecular weight excluding hydrogens is 262 g/mol. The van der Waals surface area contributed by atoms with E-state index in [0.717, 1.165) is 13.0 Å². The molecule has 2 unspecified atom stereocenters. The minimum Gasteiger partial charge on any atom is -0.369 e. The Morgan fingerprint density at radius 3 is 2.89 bits per heavy atom. The molecule has 0 bridgehead atoms. The van der Waals surface area contributed by atoms with Crippen LogP contribution in [0.15, 0.2) is 12.3 Å². The van der Waals surface area contributed by atoms with Gasteiger partial charge in [-0.2, -0.15) is 0 Å². The second kappa shape index (κ2) is 6.24. The lowest BCUT2D eigenvalue weighted by atomic mass is 10.1. The first-order valence-electron chi connectivity index (χ1n) is 6.82. The van der Waals surface area contributed by atoms with Gasteiger partial charge < -0.3 is 10.6 Å². The zero-order valence-corrected chi connectivity index (χ0v) is 12.1. The van der Waals surface area contributed by atoms with Crippen molar-refractivity contribution in [3.63, 3.8) is 0 Å². The molecule has 0 saturated heterocycles. The van der Waals surface area contributed by atoms with E-state index in [1.165, 1.54) is 12.8 Å². The zero-order chi connectivity index (χ0) is 13.8. The van der Waals surface area contributed by atoms with E-state index >= 15 is 0 Å². The lowest BCUT2D eigenvalue weighted by molar-refractivity contribution is 0.0929. The molecule has 1 heterocycles. The Bertz CT molecular complexity index is 464. The number of anilines is 1. The maximum Gasteiger partial charge on any atom is 0.253 e. The van der Waals surface area contributed by atoms with Crippen molar-refractivity contribution >= 4 is 23.3 Å². The topological polar surface area (TPSA) is 54.0 Å². The van der Waals surface area contributed by atoms with E-state index in [9.17, 15) is 4.79 Å². The molecule has 1 saturated carbocycles. The number of nitrogens with one attached hydrogen (secondary N) is 2. The second-order valence-electron chi connectivity index (χ2n) is 5.07. The predicted octanol–water partition coefficient (Wildman–Crippen LogP) is 3.09. The van der Waals surface area contributed by atoms with Crippen molar-refractivity contribution in [1.82, 2.24) is 10.3 Å². The van der Waals surface area contributed by atoms with E-state index in [0.29, 0.717) is 22.3 Å². The van der Waals surface area contributed by atoms with Gasteiger partial charge in [-0.3, -0.25) is 4.79 Å². The highest BCUT2D eigenvalue weighted by molar-refractivity contribution is 6.33. The number of aromatic nitrogens is 1. The van der Waals surface area contributed by atoms with Crippen molar-refractivity contribution in [2.24, 2.45) is 5.92 Å². The maximum atomic E-state index is 12.1. The first kappa shape index (κ1) is 14.1. The van der Waals surface area contributed by atoms with Gasteiger partial charge in [0.1, 0.15) is 5.82 Å². The third-order valence-corrected chi connectivity index (χ3v) is 3.91. The van der Waals surface area contributed by atoms with Crippen LogP contribution in [0.2, 0.25) is 5.02 Å². The van der Waals surface area contributed by atoms with Gasteiger partial charge in [-0.1, -0.05) is 24.9 Å². The molecule has 1 aliphatic rings. The van der Waals surface area contributed by atoms with Crippen LogP contribution in [-0.2, 0) is 0 Å². The SMILES string of the molecule is CCNc1ncc(C(=O)NC2CCCC2C)cc1Cl. The van der Waals surface area contributed by atoms with E-state index in [1.54, 1.807) is 12.3 Å². The summed E-state index contributed by atoms with van der Waals surface area (Å²) in [7, 11) is 0. The lowest BCUT2D eigenvalue weighted by Gasteiger charge is -2.17. The molecule has 2 atom stereocenters. The van der Waals surface area contributed by atoms with E-state index in [-0.39, 0.29) is 11.9 Å². The Morgan fingerprint density at radius 2 is 2.32 bits per heavy atom. The summed E-state index contributed by atoms with van der Waals surface area (Å²) in [4.78, 5) is 16.3. The standard InChI is InChI=1S/C14H20ClN3O/c1-3-16-13-11(15)7-10(8-17-13)14(19)18-12-6-4-5-9(12)2/h7-9,12H,3-6H2,1-2H3,(H,16,17)(H,18,19). The fraction of sp³-hybridized carbons (Fsp3) is 0.571. The highest BCUT2D eigenvalue weighted by Crippen LogP contribution is 2.25. The normalized spacial score (nSPS) is 22.3. The molecule has 4 nitrogen and oxygen atoms in total. The third kappa shape index (κ3) is 3.38. The molecule has 1 aromatic heterocycles. The van der Waals surface area contributed by atoms with Gasteiger partial charge in [0.15, 0.2) is 0 Å². The summed E-state index contributed by atoms with van der Waals surface area (Å²) in [5.41, 5.74) is 0.519. The first-order valence-corrected chi connectivity index (χ1v) is 7.20. The van der Waals surface area contributed by atoms with Gasteiger partial charge >= 0.3 is 0 Å². The molecule has 0 aromatic carbocycles. The molecule has 1 aliphatic carbocycles. The Labute approximate surface area is 118 Å². The van der Waals surface area contributed by atoms with E-state index < -0.39 is 0 Å². The van der Waals surface area contributed by atoms with Gasteiger partial charge in [-0.15, -0.1) is 0 Å². The van der Waals surface area contributed by atoms with Crippen molar-refractivity contribution in [3.05, 3.63) is 22.8 Å². The molecule has 1 fully saturated rings. The van der Waals surface area contributed by atoms with E-state index in [4.69, 9.17) is 11.6 Å². The van der Waals surface area contributed by atoms with Crippen molar-refractivity contribution in [2.45, 2.75) is 39.2 Å². The van der Waals surface area contributed by atoms with Crippen molar-refractivity contribution in [3.8, 4) is 0 Å². The Hall–Kier alpha value is -1.29. The van der Waals surface area contributed by atoms with Crippen molar-refractivity contribution in [2.75, 3.05) is 11.9 Å². The molecule has 1 aromatic rings. The molecule has 19 heavy (non-hydrogen) atoms. The first-order chi connectivity index (χ1) is 9.11. The molecule has 0 aliphatic heterocycles. The molecule has 5 heteroatoms. The Balaban J connectivity index is 2.04. The molecule has 104 valence electrons. The van der Waals surface area contributed by atoms with Crippen LogP contribution in [0.3, 0.4) is 0 Å². The average molecular weight is 282 g/mol. The molecule has 1 amide bonds. The van der Waals surface area contributed by atoms with Crippen molar-refractivity contribution in [1.29, 1.82) is 0 Å². The summed E-state index contributed by atoms with van der Waals surface area (Å²) >= 11 is 6.09. The van der Waals surface area contributed by atoms with Crippen LogP contribution in [-0.4, -0.2) is 23.5 Å². The largest absolute Gasteiger partial charge is 0.369 e. The van der Waals surface area contributed by atoms with Gasteiger partial charge in [0.05, 0.1) is 10.6 Å². The Morgan fingerprint density at radius 1 is 1.53 bits per heavy atom. The van der Waals surface area contributed by atoms with Gasteiger partial charge in [-0.05, 0) is 31.7 Å². The summed E-state index contributed by atoms with van der Waals surface area (Å²) in [5, 5.41) is 6.59. The van der Waals surface area contributed by atoms with E-state index in [2.05, 4.69) is 22.5 Å². The predicted molar refractivity (Wildman–Crippen MR) is 77.7 cm³/mol. The summed E-state index contributed by atoms with van der Waals surface area (Å²) in [6.45, 7) is 4.90. The average Bonchev–Trinajstić information content (AvgIpc) is 2.78. The second-order valence-corrected chi connectivity index (χ2v) is 5.48. The molecule has 2 N–H and O–H groups in total. The van der Waals surface area contributed by atoms with E-state index in [1.807, 2.05) is 6.92 Å². The fourth-order valence-corrected chi connectivity index (χ4v) is 2.70. The summed E-state index contributed by atoms with van der Waals surface area (Å²) in [6, 6.07) is 1.95. The zero-order valence-electron chi connectivity index (χ0n) is 11.4. The number of halogens is 1. The Kier molecular flexibility index (Phi) is 4.64. The highest BCUT2D eigenvalue weighted by Gasteiger charge is 2.25. The number of rotatable bonds is 4. The van der Waals surface area contributed by atoms with Gasteiger partial charge in [0, 0.05) is 18.8 Å². The monoisotopic (exact) mass is 281 g/mol. The smallest absolute Gasteiger partial charge is 0.253 e. The quantitative estimate of drug-likeness (QED) is 0.892. The summed E-state index contributed by atoms with van der Waals surface area (Å²) in [6.07, 6.45) is 5.00. The van der Waals surface area contributed by atoms with Crippen LogP contribution in [0, 0.1) is 5.92 Å². The van der Waals surface area contributed by atoms with Crippen LogP contribution in [0.4, 0.5) is 5.82 Å². The highest BCUT2D eigenvalue weighted by atomic mass is 35.5. The summed E-state index contributed by atoms with van der Waals surface area (Å²) < 4.78 is 0. The van der Waals surface area contributed by atoms with Crippen LogP contribution >= 0.6 is 11.6 Å². The van der Waals surface area contributed by atoms with Crippen LogP contribution in [0.1, 0.15) is 43.5 Å². The third-order valence-electron chi connectivity index (χ3n) is 3.63. The van der Waals surface area contributed by atoms with Gasteiger partial charge in [0.25, 0.3) is 5.91 Å². The number of hydrogen-bond donors (Lipinski definition) is 2. The number of pyridine rings is 1. The maximum absolute atomic E-state index is 12.1. The number of carbonyl (C=O) groups is 1. The molecule has 0 spiro atoms. The fourth-order valence-electron chi connectivity index (χ4n) is 2.47. The lowest BCUT2D eigenvalue weighted by Crippen LogP contribution is -2.36. The van der Waals surface area contributed by atoms with Crippen LogP contribution < -0.4 is 10.6 Å². The number of hydrogen-bond acceptors (Lipinski definition) is 3. The summed E-state index contributed by atoms with van der Waals surface area (Å²) in [5.74, 6) is 1.08. The molecule has 2 rings (SSSR count). The van der Waals surface area contributed by atoms with Crippen molar-refractivity contribution < 1.29 is 4.79 Å². The van der Waals surface area contributed by atoms with Crippen LogP contribution in [0.5, 0.6) is 0 Å². The molecular formula is C14H20ClN3O. The number of carbonyl (C=O) groups excluding carboxylic acids is 1.